The molecular formula is C11H10O3. The highest BCUT2D eigenvalue weighted by atomic mass is 16.5. The fraction of sp³-hybridized carbons (Fsp3) is 0.182. The van der Waals surface area contributed by atoms with Gasteiger partial charge in [0.05, 0.1) is 12.7 Å². The second-order valence-corrected chi connectivity index (χ2v) is 2.95. The molecule has 0 atom stereocenters. The fourth-order valence-electron chi connectivity index (χ4n) is 1.46. The highest BCUT2D eigenvalue weighted by Gasteiger charge is 2.25. The molecule has 3 nitrogen and oxygen atoms in total. The molecule has 0 fully saturated rings. The minimum atomic E-state index is -0.313. The number of esters is 1. The second kappa shape index (κ2) is 3.18. The van der Waals surface area contributed by atoms with Gasteiger partial charge >= 0.3 is 5.97 Å². The van der Waals surface area contributed by atoms with Crippen molar-refractivity contribution in [3.8, 4) is 5.75 Å². The lowest BCUT2D eigenvalue weighted by molar-refractivity contribution is 0.0715. The molecule has 0 bridgehead atoms. The molecule has 0 aromatic heterocycles. The standard InChI is InChI=1S/C11H10O3/c1-3-10-8-5-4-7(13-2)6-9(8)11(12)14-10/h3-6H,1-2H3. The summed E-state index contributed by atoms with van der Waals surface area (Å²) >= 11 is 0. The Balaban J connectivity index is 2.57. The predicted molar refractivity (Wildman–Crippen MR) is 52.1 cm³/mol. The number of hydrogen-bond acceptors (Lipinski definition) is 3. The smallest absolute Gasteiger partial charge is 0.344 e. The average molecular weight is 190 g/mol. The van der Waals surface area contributed by atoms with Gasteiger partial charge in [-0.15, -0.1) is 0 Å². The van der Waals surface area contributed by atoms with Crippen molar-refractivity contribution < 1.29 is 14.3 Å². The molecule has 1 aromatic carbocycles. The molecule has 1 aromatic rings. The summed E-state index contributed by atoms with van der Waals surface area (Å²) < 4.78 is 10.1. The van der Waals surface area contributed by atoms with E-state index in [2.05, 4.69) is 0 Å². The van der Waals surface area contributed by atoms with Crippen molar-refractivity contribution in [1.29, 1.82) is 0 Å². The van der Waals surface area contributed by atoms with Gasteiger partial charge in [0.1, 0.15) is 11.5 Å². The van der Waals surface area contributed by atoms with E-state index in [0.29, 0.717) is 17.1 Å². The fourth-order valence-corrected chi connectivity index (χ4v) is 1.46. The number of allylic oxidation sites excluding steroid dienone is 1. The van der Waals surface area contributed by atoms with E-state index in [9.17, 15) is 4.79 Å². The van der Waals surface area contributed by atoms with Crippen LogP contribution in [0.4, 0.5) is 0 Å². The zero-order valence-electron chi connectivity index (χ0n) is 8.03. The number of ether oxygens (including phenoxy) is 2. The third-order valence-corrected chi connectivity index (χ3v) is 2.18. The Hall–Kier alpha value is -1.77. The van der Waals surface area contributed by atoms with Crippen LogP contribution in [-0.2, 0) is 4.74 Å². The van der Waals surface area contributed by atoms with Crippen LogP contribution in [0, 0.1) is 0 Å². The van der Waals surface area contributed by atoms with Gasteiger partial charge in [0.25, 0.3) is 0 Å². The third-order valence-electron chi connectivity index (χ3n) is 2.18. The molecule has 2 rings (SSSR count). The average Bonchev–Trinajstić information content (AvgIpc) is 2.55. The summed E-state index contributed by atoms with van der Waals surface area (Å²) in [5.74, 6) is 0.970. The first-order chi connectivity index (χ1) is 6.76. The first-order valence-electron chi connectivity index (χ1n) is 4.33. The molecule has 3 heteroatoms. The summed E-state index contributed by atoms with van der Waals surface area (Å²) in [6.45, 7) is 1.84. The van der Waals surface area contributed by atoms with Crippen LogP contribution in [0.1, 0.15) is 22.8 Å². The topological polar surface area (TPSA) is 35.5 Å². The Morgan fingerprint density at radius 1 is 1.36 bits per heavy atom. The molecule has 0 spiro atoms. The highest BCUT2D eigenvalue weighted by Crippen LogP contribution is 2.31. The van der Waals surface area contributed by atoms with E-state index in [1.807, 2.05) is 19.1 Å². The van der Waals surface area contributed by atoms with Crippen LogP contribution in [0.3, 0.4) is 0 Å². The van der Waals surface area contributed by atoms with Crippen LogP contribution in [0.2, 0.25) is 0 Å². The molecule has 0 N–H and O–H groups in total. The number of fused-ring (bicyclic) bond motifs is 1. The molecule has 72 valence electrons. The monoisotopic (exact) mass is 190 g/mol. The van der Waals surface area contributed by atoms with Crippen molar-refractivity contribution in [2.24, 2.45) is 0 Å². The lowest BCUT2D eigenvalue weighted by atomic mass is 10.1. The quantitative estimate of drug-likeness (QED) is 0.637. The van der Waals surface area contributed by atoms with Crippen molar-refractivity contribution >= 4 is 11.7 Å². The lowest BCUT2D eigenvalue weighted by Crippen LogP contribution is -1.94. The molecular weight excluding hydrogens is 180 g/mol. The minimum Gasteiger partial charge on any atom is -0.497 e. The normalized spacial score (nSPS) is 16.7. The Bertz CT molecular complexity index is 419. The van der Waals surface area contributed by atoms with Crippen molar-refractivity contribution in [2.45, 2.75) is 6.92 Å². The van der Waals surface area contributed by atoms with Gasteiger partial charge in [0, 0.05) is 5.56 Å². The summed E-state index contributed by atoms with van der Waals surface area (Å²) in [5.41, 5.74) is 1.40. The second-order valence-electron chi connectivity index (χ2n) is 2.95. The van der Waals surface area contributed by atoms with Gasteiger partial charge in [-0.05, 0) is 31.2 Å². The molecule has 1 aliphatic rings. The molecule has 1 heterocycles. The molecule has 1 aliphatic heterocycles. The summed E-state index contributed by atoms with van der Waals surface area (Å²) in [6.07, 6.45) is 1.77. The Labute approximate surface area is 81.9 Å². The maximum Gasteiger partial charge on any atom is 0.344 e. The van der Waals surface area contributed by atoms with Gasteiger partial charge in [-0.3, -0.25) is 0 Å². The molecule has 0 aliphatic carbocycles. The van der Waals surface area contributed by atoms with Crippen LogP contribution in [0.5, 0.6) is 5.75 Å². The summed E-state index contributed by atoms with van der Waals surface area (Å²) in [4.78, 5) is 11.4. The zero-order valence-corrected chi connectivity index (χ0v) is 8.03. The van der Waals surface area contributed by atoms with E-state index < -0.39 is 0 Å². The van der Waals surface area contributed by atoms with E-state index in [1.165, 1.54) is 0 Å². The number of hydrogen-bond donors (Lipinski definition) is 0. The number of carbonyl (C=O) groups excluding carboxylic acids is 1. The first kappa shape index (κ1) is 8.81. The minimum absolute atomic E-state index is 0.313. The molecule has 14 heavy (non-hydrogen) atoms. The van der Waals surface area contributed by atoms with Crippen LogP contribution in [0.25, 0.3) is 5.76 Å². The van der Waals surface area contributed by atoms with Crippen molar-refractivity contribution in [3.63, 3.8) is 0 Å². The van der Waals surface area contributed by atoms with Gasteiger partial charge < -0.3 is 9.47 Å². The number of cyclic esters (lactones) is 1. The van der Waals surface area contributed by atoms with Crippen LogP contribution in [0.15, 0.2) is 24.3 Å². The summed E-state index contributed by atoms with van der Waals surface area (Å²) in [6, 6.07) is 5.33. The Morgan fingerprint density at radius 2 is 2.14 bits per heavy atom. The number of carbonyl (C=O) groups is 1. The number of benzene rings is 1. The Morgan fingerprint density at radius 3 is 2.79 bits per heavy atom. The molecule has 0 radical (unpaired) electrons. The maximum absolute atomic E-state index is 11.4. The van der Waals surface area contributed by atoms with E-state index >= 15 is 0 Å². The van der Waals surface area contributed by atoms with Gasteiger partial charge in [-0.25, -0.2) is 4.79 Å². The molecule has 0 saturated heterocycles. The summed E-state index contributed by atoms with van der Waals surface area (Å²) in [7, 11) is 1.57. The van der Waals surface area contributed by atoms with Crippen LogP contribution in [-0.4, -0.2) is 13.1 Å². The van der Waals surface area contributed by atoms with Gasteiger partial charge in [0.2, 0.25) is 0 Å². The molecule has 0 saturated carbocycles. The van der Waals surface area contributed by atoms with Crippen molar-refractivity contribution in [2.75, 3.05) is 7.11 Å². The van der Waals surface area contributed by atoms with Crippen LogP contribution < -0.4 is 4.74 Å². The van der Waals surface area contributed by atoms with E-state index in [-0.39, 0.29) is 5.97 Å². The molecule has 0 unspecified atom stereocenters. The van der Waals surface area contributed by atoms with Crippen LogP contribution >= 0.6 is 0 Å². The highest BCUT2D eigenvalue weighted by molar-refractivity contribution is 6.03. The van der Waals surface area contributed by atoms with Gasteiger partial charge in [-0.1, -0.05) is 0 Å². The van der Waals surface area contributed by atoms with E-state index in [4.69, 9.17) is 9.47 Å². The third kappa shape index (κ3) is 1.18. The number of methoxy groups -OCH3 is 1. The SMILES string of the molecule is CC=C1OC(=O)c2cc(OC)ccc21. The lowest BCUT2D eigenvalue weighted by Gasteiger charge is -2.00. The van der Waals surface area contributed by atoms with E-state index in [1.54, 1.807) is 19.3 Å². The zero-order chi connectivity index (χ0) is 10.1. The molecule has 0 amide bonds. The largest absolute Gasteiger partial charge is 0.497 e. The maximum atomic E-state index is 11.4. The Kier molecular flexibility index (Phi) is 2.00. The van der Waals surface area contributed by atoms with Gasteiger partial charge in [-0.2, -0.15) is 0 Å². The van der Waals surface area contributed by atoms with E-state index in [0.717, 1.165) is 5.56 Å². The summed E-state index contributed by atoms with van der Waals surface area (Å²) in [5, 5.41) is 0. The first-order valence-corrected chi connectivity index (χ1v) is 4.33. The van der Waals surface area contributed by atoms with Crippen molar-refractivity contribution in [1.82, 2.24) is 0 Å². The van der Waals surface area contributed by atoms with Crippen molar-refractivity contribution in [3.05, 3.63) is 35.4 Å². The predicted octanol–water partition coefficient (Wildman–Crippen LogP) is 2.23. The number of rotatable bonds is 1. The van der Waals surface area contributed by atoms with Gasteiger partial charge in [0.15, 0.2) is 0 Å².